The van der Waals surface area contributed by atoms with Gasteiger partial charge in [-0.1, -0.05) is 30.3 Å². The van der Waals surface area contributed by atoms with Gasteiger partial charge >= 0.3 is 11.9 Å². The molecule has 0 radical (unpaired) electrons. The van der Waals surface area contributed by atoms with Crippen LogP contribution in [-0.4, -0.2) is 44.3 Å². The molecule has 2 aromatic carbocycles. The Bertz CT molecular complexity index is 936. The third-order valence-corrected chi connectivity index (χ3v) is 4.14. The summed E-state index contributed by atoms with van der Waals surface area (Å²) in [7, 11) is 0. The number of rotatable bonds is 6. The van der Waals surface area contributed by atoms with E-state index in [1.807, 2.05) is 30.5 Å². The highest BCUT2D eigenvalue weighted by Gasteiger charge is 2.14. The summed E-state index contributed by atoms with van der Waals surface area (Å²) < 4.78 is 0. The minimum absolute atomic E-state index is 0.160. The van der Waals surface area contributed by atoms with Gasteiger partial charge in [-0.25, -0.2) is 0 Å². The average molecular weight is 385 g/mol. The highest BCUT2D eigenvalue weighted by atomic mass is 16.4. The number of fused-ring (bicyclic) bond motifs is 1. The third kappa shape index (κ3) is 5.83. The van der Waals surface area contributed by atoms with Gasteiger partial charge in [0, 0.05) is 23.5 Å². The zero-order chi connectivity index (χ0) is 20.7. The first-order valence-electron chi connectivity index (χ1n) is 8.57. The van der Waals surface area contributed by atoms with E-state index >= 15 is 0 Å². The summed E-state index contributed by atoms with van der Waals surface area (Å²) in [5, 5.41) is 27.2. The predicted octanol–water partition coefficient (Wildman–Crippen LogP) is 1.47. The van der Waals surface area contributed by atoms with Crippen molar-refractivity contribution < 1.29 is 24.9 Å². The van der Waals surface area contributed by atoms with Gasteiger partial charge in [0.2, 0.25) is 0 Å². The van der Waals surface area contributed by atoms with Crippen LogP contribution >= 0.6 is 0 Å². The first-order valence-corrected chi connectivity index (χ1v) is 8.57. The predicted molar refractivity (Wildman–Crippen MR) is 105 cm³/mol. The number of aliphatic carboxylic acids is 2. The molecular formula is C20H23N3O5. The summed E-state index contributed by atoms with van der Waals surface area (Å²) in [6.45, 7) is 0. The Morgan fingerprint density at radius 2 is 1.46 bits per heavy atom. The number of phenols is 1. The van der Waals surface area contributed by atoms with Gasteiger partial charge in [0.25, 0.3) is 0 Å². The SMILES string of the molecule is N[C@@H](Cc1c[nH]c2ccccc12)C(=O)O.N[C@@H](Cc1ccc(O)cc1)C(=O)O. The molecule has 2 atom stereocenters. The van der Waals surface area contributed by atoms with E-state index in [0.717, 1.165) is 22.0 Å². The van der Waals surface area contributed by atoms with Gasteiger partial charge in [0.1, 0.15) is 17.8 Å². The second-order valence-electron chi connectivity index (χ2n) is 6.32. The van der Waals surface area contributed by atoms with E-state index in [-0.39, 0.29) is 12.2 Å². The molecule has 8 nitrogen and oxygen atoms in total. The Balaban J connectivity index is 0.000000203. The second kappa shape index (κ2) is 9.54. The minimum atomic E-state index is -1.02. The molecule has 3 aromatic rings. The van der Waals surface area contributed by atoms with E-state index in [9.17, 15) is 9.59 Å². The Morgan fingerprint density at radius 3 is 2.07 bits per heavy atom. The van der Waals surface area contributed by atoms with E-state index < -0.39 is 24.0 Å². The van der Waals surface area contributed by atoms with Crippen LogP contribution in [0.2, 0.25) is 0 Å². The molecule has 0 spiro atoms. The molecule has 3 rings (SSSR count). The molecule has 0 bridgehead atoms. The summed E-state index contributed by atoms with van der Waals surface area (Å²) in [5.74, 6) is -1.83. The van der Waals surface area contributed by atoms with Crippen molar-refractivity contribution in [2.75, 3.05) is 0 Å². The van der Waals surface area contributed by atoms with E-state index in [2.05, 4.69) is 4.98 Å². The van der Waals surface area contributed by atoms with Crippen LogP contribution in [0.3, 0.4) is 0 Å². The molecule has 0 fully saturated rings. The molecule has 0 aliphatic rings. The molecular weight excluding hydrogens is 362 g/mol. The number of carboxylic acids is 2. The van der Waals surface area contributed by atoms with Crippen molar-refractivity contribution in [2.45, 2.75) is 24.9 Å². The first kappa shape index (κ1) is 20.9. The van der Waals surface area contributed by atoms with Gasteiger partial charge in [-0.15, -0.1) is 0 Å². The van der Waals surface area contributed by atoms with Crippen molar-refractivity contribution in [1.29, 1.82) is 0 Å². The number of hydrogen-bond donors (Lipinski definition) is 6. The zero-order valence-electron chi connectivity index (χ0n) is 15.1. The van der Waals surface area contributed by atoms with Crippen molar-refractivity contribution in [3.05, 3.63) is 65.9 Å². The largest absolute Gasteiger partial charge is 0.508 e. The summed E-state index contributed by atoms with van der Waals surface area (Å²) in [6, 6.07) is 12.3. The maximum Gasteiger partial charge on any atom is 0.320 e. The molecule has 28 heavy (non-hydrogen) atoms. The fraction of sp³-hybridized carbons (Fsp3) is 0.200. The lowest BCUT2D eigenvalue weighted by Crippen LogP contribution is -2.32. The number of aromatic nitrogens is 1. The van der Waals surface area contributed by atoms with Gasteiger partial charge < -0.3 is 31.8 Å². The number of nitrogens with one attached hydrogen (secondary N) is 1. The lowest BCUT2D eigenvalue weighted by Gasteiger charge is -2.05. The molecule has 0 aliphatic carbocycles. The van der Waals surface area contributed by atoms with Crippen LogP contribution in [-0.2, 0) is 22.4 Å². The van der Waals surface area contributed by atoms with Gasteiger partial charge in [0.15, 0.2) is 0 Å². The van der Waals surface area contributed by atoms with Crippen LogP contribution in [0.25, 0.3) is 10.9 Å². The molecule has 8 N–H and O–H groups in total. The molecule has 0 aliphatic heterocycles. The van der Waals surface area contributed by atoms with Gasteiger partial charge in [-0.05, 0) is 35.7 Å². The smallest absolute Gasteiger partial charge is 0.320 e. The van der Waals surface area contributed by atoms with E-state index in [1.165, 1.54) is 12.1 Å². The summed E-state index contributed by atoms with van der Waals surface area (Å²) in [6.07, 6.45) is 2.43. The fourth-order valence-corrected chi connectivity index (χ4v) is 2.60. The van der Waals surface area contributed by atoms with Gasteiger partial charge in [-0.3, -0.25) is 9.59 Å². The number of aromatic hydroxyl groups is 1. The van der Waals surface area contributed by atoms with Crippen molar-refractivity contribution in [1.82, 2.24) is 4.98 Å². The summed E-state index contributed by atoms with van der Waals surface area (Å²) in [5.41, 5.74) is 13.6. The number of carboxylic acid groups (broad SMARTS) is 2. The molecule has 0 saturated carbocycles. The number of hydrogen-bond acceptors (Lipinski definition) is 5. The van der Waals surface area contributed by atoms with E-state index in [1.54, 1.807) is 12.1 Å². The summed E-state index contributed by atoms with van der Waals surface area (Å²) in [4.78, 5) is 24.1. The maximum atomic E-state index is 10.6. The second-order valence-corrected chi connectivity index (χ2v) is 6.32. The minimum Gasteiger partial charge on any atom is -0.508 e. The Morgan fingerprint density at radius 1 is 0.893 bits per heavy atom. The summed E-state index contributed by atoms with van der Waals surface area (Å²) >= 11 is 0. The Hall–Kier alpha value is -3.36. The zero-order valence-corrected chi connectivity index (χ0v) is 15.1. The quantitative estimate of drug-likeness (QED) is 0.374. The van der Waals surface area contributed by atoms with Crippen molar-refractivity contribution in [3.63, 3.8) is 0 Å². The third-order valence-electron chi connectivity index (χ3n) is 4.14. The monoisotopic (exact) mass is 385 g/mol. The van der Waals surface area contributed by atoms with Crippen LogP contribution in [0.4, 0.5) is 0 Å². The molecule has 8 heteroatoms. The van der Waals surface area contributed by atoms with Crippen molar-refractivity contribution >= 4 is 22.8 Å². The number of para-hydroxylation sites is 1. The molecule has 0 amide bonds. The Labute approximate surface area is 161 Å². The number of H-pyrrole nitrogens is 1. The fourth-order valence-electron chi connectivity index (χ4n) is 2.60. The highest BCUT2D eigenvalue weighted by molar-refractivity contribution is 5.84. The van der Waals surface area contributed by atoms with Crippen molar-refractivity contribution in [2.24, 2.45) is 11.5 Å². The highest BCUT2D eigenvalue weighted by Crippen LogP contribution is 2.18. The standard InChI is InChI=1S/C11H12N2O2.C9H11NO3/c12-9(11(14)15)5-7-6-13-10-4-2-1-3-8(7)10;10-8(9(12)13)5-6-1-3-7(11)4-2-6/h1-4,6,9,13H,5,12H2,(H,14,15);1-4,8,11H,5,10H2,(H,12,13)/t9-;8-/m00/s1. The number of phenolic OH excluding ortho intramolecular Hbond substituents is 1. The molecule has 148 valence electrons. The van der Waals surface area contributed by atoms with Crippen LogP contribution < -0.4 is 11.5 Å². The lowest BCUT2D eigenvalue weighted by atomic mass is 10.1. The lowest BCUT2D eigenvalue weighted by molar-refractivity contribution is -0.139. The Kier molecular flexibility index (Phi) is 7.14. The maximum absolute atomic E-state index is 10.6. The van der Waals surface area contributed by atoms with Gasteiger partial charge in [0.05, 0.1) is 0 Å². The number of benzene rings is 2. The number of aromatic amines is 1. The molecule has 1 heterocycles. The number of carbonyl (C=O) groups is 2. The molecule has 0 unspecified atom stereocenters. The van der Waals surface area contributed by atoms with Crippen LogP contribution in [0.15, 0.2) is 54.7 Å². The normalized spacial score (nSPS) is 12.6. The molecule has 1 aromatic heterocycles. The molecule has 0 saturated heterocycles. The van der Waals surface area contributed by atoms with E-state index in [0.29, 0.717) is 6.42 Å². The van der Waals surface area contributed by atoms with Crippen LogP contribution in [0.1, 0.15) is 11.1 Å². The van der Waals surface area contributed by atoms with Gasteiger partial charge in [-0.2, -0.15) is 0 Å². The van der Waals surface area contributed by atoms with Crippen LogP contribution in [0.5, 0.6) is 5.75 Å². The topological polar surface area (TPSA) is 163 Å². The first-order chi connectivity index (χ1) is 13.3. The average Bonchev–Trinajstić information content (AvgIpc) is 3.07. The number of nitrogens with two attached hydrogens (primary N) is 2. The van der Waals surface area contributed by atoms with Crippen molar-refractivity contribution in [3.8, 4) is 5.75 Å². The van der Waals surface area contributed by atoms with E-state index in [4.69, 9.17) is 26.8 Å². The van der Waals surface area contributed by atoms with Crippen LogP contribution in [0, 0.1) is 0 Å².